The van der Waals surface area contributed by atoms with Crippen LogP contribution in [0.4, 0.5) is 5.69 Å². The predicted octanol–water partition coefficient (Wildman–Crippen LogP) is 3.45. The first-order chi connectivity index (χ1) is 13.9. The number of nitrogens with one attached hydrogen (secondary N) is 1. The minimum absolute atomic E-state index is 0.0803. The number of hydrogen-bond donors (Lipinski definition) is 1. The minimum atomic E-state index is -3.89. The van der Waals surface area contributed by atoms with Crippen LogP contribution in [0.1, 0.15) is 15.9 Å². The zero-order chi connectivity index (χ0) is 20.9. The van der Waals surface area contributed by atoms with Crippen LogP contribution in [-0.4, -0.2) is 28.5 Å². The highest BCUT2D eigenvalue weighted by Crippen LogP contribution is 2.26. The van der Waals surface area contributed by atoms with Gasteiger partial charge in [0.05, 0.1) is 7.11 Å². The summed E-state index contributed by atoms with van der Waals surface area (Å²) >= 11 is 0. The molecular formula is C22H22N2O4S. The molecule has 0 spiro atoms. The van der Waals surface area contributed by atoms with Crippen LogP contribution in [0.15, 0.2) is 83.8 Å². The van der Waals surface area contributed by atoms with E-state index in [4.69, 9.17) is 4.74 Å². The summed E-state index contributed by atoms with van der Waals surface area (Å²) in [6.07, 6.45) is 0. The topological polar surface area (TPSA) is 75.7 Å². The van der Waals surface area contributed by atoms with E-state index in [0.29, 0.717) is 5.69 Å². The second-order valence-electron chi connectivity index (χ2n) is 6.38. The van der Waals surface area contributed by atoms with Crippen LogP contribution in [0.25, 0.3) is 0 Å². The molecule has 29 heavy (non-hydrogen) atoms. The molecule has 0 aliphatic rings. The van der Waals surface area contributed by atoms with Crippen LogP contribution in [0, 0.1) is 0 Å². The Bertz CT molecular complexity index is 1080. The molecule has 0 heterocycles. The number of nitrogens with zero attached hydrogens (tertiary/aromatic N) is 1. The Morgan fingerprint density at radius 1 is 0.966 bits per heavy atom. The van der Waals surface area contributed by atoms with Gasteiger partial charge in [-0.15, -0.1) is 0 Å². The van der Waals surface area contributed by atoms with Crippen molar-refractivity contribution in [3.63, 3.8) is 0 Å². The Labute approximate surface area is 170 Å². The fourth-order valence-electron chi connectivity index (χ4n) is 2.83. The summed E-state index contributed by atoms with van der Waals surface area (Å²) in [5.41, 5.74) is 1.78. The van der Waals surface area contributed by atoms with Gasteiger partial charge in [0.2, 0.25) is 10.0 Å². The Morgan fingerprint density at radius 2 is 1.59 bits per heavy atom. The summed E-state index contributed by atoms with van der Waals surface area (Å²) in [5, 5.41) is 0. The first kappa shape index (κ1) is 20.6. The van der Waals surface area contributed by atoms with Crippen molar-refractivity contribution in [2.75, 3.05) is 19.1 Å². The number of carbonyl (C=O) groups excluding carboxylic acids is 1. The highest BCUT2D eigenvalue weighted by Gasteiger charge is 2.23. The van der Waals surface area contributed by atoms with E-state index in [9.17, 15) is 13.2 Å². The molecule has 1 amide bonds. The molecule has 0 aliphatic heterocycles. The van der Waals surface area contributed by atoms with Gasteiger partial charge in [0.25, 0.3) is 5.91 Å². The Hall–Kier alpha value is -3.16. The number of anilines is 1. The van der Waals surface area contributed by atoms with E-state index >= 15 is 0 Å². The summed E-state index contributed by atoms with van der Waals surface area (Å²) in [7, 11) is -0.859. The number of para-hydroxylation sites is 1. The summed E-state index contributed by atoms with van der Waals surface area (Å²) in [6.45, 7) is 0.133. The fourth-order valence-corrected chi connectivity index (χ4v) is 4.04. The van der Waals surface area contributed by atoms with E-state index in [2.05, 4.69) is 4.72 Å². The van der Waals surface area contributed by atoms with Crippen molar-refractivity contribution in [1.29, 1.82) is 0 Å². The number of ether oxygens (including phenoxy) is 1. The second-order valence-corrected chi connectivity index (χ2v) is 8.11. The molecule has 0 atom stereocenters. The lowest BCUT2D eigenvalue weighted by atomic mass is 10.2. The highest BCUT2D eigenvalue weighted by atomic mass is 32.2. The zero-order valence-corrected chi connectivity index (χ0v) is 17.0. The molecule has 0 aromatic heterocycles. The predicted molar refractivity (Wildman–Crippen MR) is 113 cm³/mol. The van der Waals surface area contributed by atoms with Crippen molar-refractivity contribution in [3.05, 3.63) is 90.0 Å². The number of rotatable bonds is 7. The Kier molecular flexibility index (Phi) is 6.31. The number of benzene rings is 3. The van der Waals surface area contributed by atoms with Gasteiger partial charge in [0.1, 0.15) is 10.6 Å². The first-order valence-electron chi connectivity index (χ1n) is 8.97. The minimum Gasteiger partial charge on any atom is -0.495 e. The maximum Gasteiger partial charge on any atom is 0.258 e. The molecule has 0 saturated carbocycles. The summed E-state index contributed by atoms with van der Waals surface area (Å²) in [6, 6.07) is 22.7. The van der Waals surface area contributed by atoms with Gasteiger partial charge in [0.15, 0.2) is 0 Å². The monoisotopic (exact) mass is 410 g/mol. The molecule has 1 N–H and O–H groups in total. The SMILES string of the molecule is COc1ccc(C(=O)N(C)c2ccccc2)cc1S(=O)(=O)NCc1ccccc1. The third-order valence-corrected chi connectivity index (χ3v) is 5.88. The number of carbonyl (C=O) groups is 1. The van der Waals surface area contributed by atoms with Crippen LogP contribution in [0.5, 0.6) is 5.75 Å². The van der Waals surface area contributed by atoms with Crippen LogP contribution < -0.4 is 14.4 Å². The lowest BCUT2D eigenvalue weighted by Gasteiger charge is -2.18. The molecule has 7 heteroatoms. The van der Waals surface area contributed by atoms with Crippen molar-refractivity contribution in [2.45, 2.75) is 11.4 Å². The molecule has 0 fully saturated rings. The maximum absolute atomic E-state index is 12.9. The van der Waals surface area contributed by atoms with Crippen molar-refractivity contribution < 1.29 is 17.9 Å². The number of amides is 1. The average molecular weight is 410 g/mol. The van der Waals surface area contributed by atoms with Gasteiger partial charge < -0.3 is 9.64 Å². The van der Waals surface area contributed by atoms with E-state index in [1.54, 1.807) is 25.2 Å². The third kappa shape index (κ3) is 4.82. The van der Waals surface area contributed by atoms with E-state index < -0.39 is 10.0 Å². The van der Waals surface area contributed by atoms with Gasteiger partial charge in [0, 0.05) is 24.8 Å². The summed E-state index contributed by atoms with van der Waals surface area (Å²) < 4.78 is 33.5. The number of hydrogen-bond acceptors (Lipinski definition) is 4. The molecule has 6 nitrogen and oxygen atoms in total. The maximum atomic E-state index is 12.9. The number of sulfonamides is 1. The van der Waals surface area contributed by atoms with Crippen molar-refractivity contribution in [3.8, 4) is 5.75 Å². The average Bonchev–Trinajstić information content (AvgIpc) is 2.77. The van der Waals surface area contributed by atoms with Gasteiger partial charge in [-0.2, -0.15) is 0 Å². The summed E-state index contributed by atoms with van der Waals surface area (Å²) in [4.78, 5) is 14.3. The molecule has 0 aliphatic carbocycles. The van der Waals surface area contributed by atoms with Crippen LogP contribution in [-0.2, 0) is 16.6 Å². The quantitative estimate of drug-likeness (QED) is 0.647. The highest BCUT2D eigenvalue weighted by molar-refractivity contribution is 7.89. The van der Waals surface area contributed by atoms with E-state index in [0.717, 1.165) is 5.56 Å². The summed E-state index contributed by atoms with van der Waals surface area (Å²) in [5.74, 6) is -0.150. The van der Waals surface area contributed by atoms with Gasteiger partial charge in [-0.25, -0.2) is 13.1 Å². The largest absolute Gasteiger partial charge is 0.495 e. The van der Waals surface area contributed by atoms with E-state index in [-0.39, 0.29) is 28.7 Å². The van der Waals surface area contributed by atoms with Gasteiger partial charge in [-0.1, -0.05) is 48.5 Å². The molecule has 0 unspecified atom stereocenters. The smallest absolute Gasteiger partial charge is 0.258 e. The van der Waals surface area contributed by atoms with Crippen LogP contribution in [0.2, 0.25) is 0 Å². The third-order valence-electron chi connectivity index (χ3n) is 4.46. The normalized spacial score (nSPS) is 11.1. The molecular weight excluding hydrogens is 388 g/mol. The van der Waals surface area contributed by atoms with E-state index in [1.165, 1.54) is 24.1 Å². The molecule has 3 aromatic rings. The zero-order valence-electron chi connectivity index (χ0n) is 16.2. The molecule has 0 saturated heterocycles. The lowest BCUT2D eigenvalue weighted by Crippen LogP contribution is -2.27. The molecule has 0 radical (unpaired) electrons. The van der Waals surface area contributed by atoms with Crippen LogP contribution >= 0.6 is 0 Å². The van der Waals surface area contributed by atoms with Crippen LogP contribution in [0.3, 0.4) is 0 Å². The van der Waals surface area contributed by atoms with Gasteiger partial charge in [-0.3, -0.25) is 4.79 Å². The molecule has 150 valence electrons. The lowest BCUT2D eigenvalue weighted by molar-refractivity contribution is 0.0992. The van der Waals surface area contributed by atoms with Crippen molar-refractivity contribution in [2.24, 2.45) is 0 Å². The van der Waals surface area contributed by atoms with Crippen molar-refractivity contribution >= 4 is 21.6 Å². The van der Waals surface area contributed by atoms with E-state index in [1.807, 2.05) is 48.5 Å². The van der Waals surface area contributed by atoms with Gasteiger partial charge >= 0.3 is 0 Å². The molecule has 3 rings (SSSR count). The first-order valence-corrected chi connectivity index (χ1v) is 10.5. The number of methoxy groups -OCH3 is 1. The fraction of sp³-hybridized carbons (Fsp3) is 0.136. The Balaban J connectivity index is 1.89. The van der Waals surface area contributed by atoms with Crippen molar-refractivity contribution in [1.82, 2.24) is 4.72 Å². The molecule has 0 bridgehead atoms. The second kappa shape index (κ2) is 8.89. The standard InChI is InChI=1S/C22H22N2O4S/c1-24(19-11-7-4-8-12-19)22(25)18-13-14-20(28-2)21(15-18)29(26,27)23-16-17-9-5-3-6-10-17/h3-15,23H,16H2,1-2H3. The Morgan fingerprint density at radius 3 is 2.21 bits per heavy atom. The van der Waals surface area contributed by atoms with Gasteiger partial charge in [-0.05, 0) is 35.9 Å². The molecule has 3 aromatic carbocycles.